The van der Waals surface area contributed by atoms with Gasteiger partial charge in [0.2, 0.25) is 0 Å². The molecule has 1 aliphatic rings. The standard InChI is InChI=1S/C16H14N4O3/c1-20-5-4-13-14(16(20)22)11(8-23-13)15(21)18-10-2-3-12-9(6-10)7-17-19-12/h2-3,6-8H,4-5H2,1H3,(H,17,19)(H,18,21). The van der Waals surface area contributed by atoms with Gasteiger partial charge < -0.3 is 14.6 Å². The van der Waals surface area contributed by atoms with Crippen molar-refractivity contribution in [1.82, 2.24) is 15.1 Å². The lowest BCUT2D eigenvalue weighted by Gasteiger charge is -2.21. The minimum atomic E-state index is -0.360. The van der Waals surface area contributed by atoms with E-state index in [2.05, 4.69) is 15.5 Å². The maximum Gasteiger partial charge on any atom is 0.259 e. The second-order valence-electron chi connectivity index (χ2n) is 5.55. The number of H-pyrrole nitrogens is 1. The molecule has 3 aromatic rings. The number of carbonyl (C=O) groups excluding carboxylic acids is 2. The van der Waals surface area contributed by atoms with Gasteiger partial charge in [-0.15, -0.1) is 0 Å². The van der Waals surface area contributed by atoms with Crippen LogP contribution in [0.5, 0.6) is 0 Å². The van der Waals surface area contributed by atoms with Gasteiger partial charge in [-0.2, -0.15) is 5.10 Å². The summed E-state index contributed by atoms with van der Waals surface area (Å²) in [6, 6.07) is 5.43. The van der Waals surface area contributed by atoms with E-state index in [0.29, 0.717) is 30.0 Å². The van der Waals surface area contributed by atoms with Gasteiger partial charge in [-0.1, -0.05) is 0 Å². The van der Waals surface area contributed by atoms with E-state index in [9.17, 15) is 9.59 Å². The number of rotatable bonds is 2. The highest BCUT2D eigenvalue weighted by Gasteiger charge is 2.30. The summed E-state index contributed by atoms with van der Waals surface area (Å²) >= 11 is 0. The molecule has 2 aromatic heterocycles. The monoisotopic (exact) mass is 310 g/mol. The fourth-order valence-corrected chi connectivity index (χ4v) is 2.76. The highest BCUT2D eigenvalue weighted by atomic mass is 16.3. The third-order valence-electron chi connectivity index (χ3n) is 4.04. The summed E-state index contributed by atoms with van der Waals surface area (Å²) in [6.45, 7) is 0.595. The van der Waals surface area contributed by atoms with E-state index in [1.54, 1.807) is 24.2 Å². The molecule has 0 radical (unpaired) electrons. The Morgan fingerprint density at radius 2 is 2.30 bits per heavy atom. The number of carbonyl (C=O) groups is 2. The summed E-state index contributed by atoms with van der Waals surface area (Å²) in [5.74, 6) is 0.0282. The smallest absolute Gasteiger partial charge is 0.259 e. The van der Waals surface area contributed by atoms with Gasteiger partial charge in [-0.25, -0.2) is 0 Å². The van der Waals surface area contributed by atoms with Gasteiger partial charge in [0.25, 0.3) is 11.8 Å². The third kappa shape index (κ3) is 2.17. The lowest BCUT2D eigenvalue weighted by Crippen LogP contribution is -2.34. The number of benzene rings is 1. The normalized spacial score (nSPS) is 14.1. The quantitative estimate of drug-likeness (QED) is 0.757. The van der Waals surface area contributed by atoms with Crippen molar-refractivity contribution in [1.29, 1.82) is 0 Å². The molecular formula is C16H14N4O3. The molecule has 0 spiro atoms. The van der Waals surface area contributed by atoms with Gasteiger partial charge in [0.05, 0.1) is 22.8 Å². The number of aromatic amines is 1. The van der Waals surface area contributed by atoms with Crippen LogP contribution in [0.25, 0.3) is 10.9 Å². The minimum absolute atomic E-state index is 0.185. The van der Waals surface area contributed by atoms with Crippen molar-refractivity contribution in [3.63, 3.8) is 0 Å². The molecule has 0 saturated heterocycles. The van der Waals surface area contributed by atoms with Gasteiger partial charge in [-0.05, 0) is 18.2 Å². The minimum Gasteiger partial charge on any atom is -0.468 e. The van der Waals surface area contributed by atoms with Crippen molar-refractivity contribution in [2.75, 3.05) is 18.9 Å². The fourth-order valence-electron chi connectivity index (χ4n) is 2.76. The van der Waals surface area contributed by atoms with E-state index in [4.69, 9.17) is 4.42 Å². The molecule has 1 aromatic carbocycles. The second kappa shape index (κ2) is 4.98. The molecule has 0 aliphatic carbocycles. The Bertz CT molecular complexity index is 924. The Kier molecular flexibility index (Phi) is 2.94. The van der Waals surface area contributed by atoms with E-state index < -0.39 is 0 Å². The van der Waals surface area contributed by atoms with Crippen LogP contribution in [0.15, 0.2) is 35.1 Å². The summed E-state index contributed by atoms with van der Waals surface area (Å²) in [5.41, 5.74) is 2.15. The van der Waals surface area contributed by atoms with Crippen LogP contribution in [0.4, 0.5) is 5.69 Å². The number of nitrogens with one attached hydrogen (secondary N) is 2. The Morgan fingerprint density at radius 1 is 1.43 bits per heavy atom. The molecule has 7 heteroatoms. The number of aromatic nitrogens is 2. The molecule has 116 valence electrons. The first-order valence-electron chi connectivity index (χ1n) is 7.24. The van der Waals surface area contributed by atoms with Gasteiger partial charge in [0, 0.05) is 31.1 Å². The van der Waals surface area contributed by atoms with Crippen LogP contribution in [0.3, 0.4) is 0 Å². The van der Waals surface area contributed by atoms with Crippen molar-refractivity contribution in [2.45, 2.75) is 6.42 Å². The molecule has 2 N–H and O–H groups in total. The zero-order valence-electron chi connectivity index (χ0n) is 12.4. The molecule has 0 fully saturated rings. The van der Waals surface area contributed by atoms with Gasteiger partial charge in [0.15, 0.2) is 0 Å². The highest BCUT2D eigenvalue weighted by molar-refractivity contribution is 6.13. The molecule has 0 saturated carbocycles. The molecule has 7 nitrogen and oxygen atoms in total. The topological polar surface area (TPSA) is 91.2 Å². The third-order valence-corrected chi connectivity index (χ3v) is 4.04. The average molecular weight is 310 g/mol. The number of likely N-dealkylation sites (N-methyl/N-ethyl adjacent to an activating group) is 1. The molecule has 0 unspecified atom stereocenters. The van der Waals surface area contributed by atoms with E-state index in [1.165, 1.54) is 6.26 Å². The molecule has 23 heavy (non-hydrogen) atoms. The molecule has 3 heterocycles. The van der Waals surface area contributed by atoms with Crippen LogP contribution >= 0.6 is 0 Å². The zero-order chi connectivity index (χ0) is 16.0. The summed E-state index contributed by atoms with van der Waals surface area (Å²) in [5, 5.41) is 10.5. The number of hydrogen-bond donors (Lipinski definition) is 2. The average Bonchev–Trinajstić information content (AvgIpc) is 3.17. The maximum atomic E-state index is 12.5. The lowest BCUT2D eigenvalue weighted by molar-refractivity contribution is 0.0770. The summed E-state index contributed by atoms with van der Waals surface area (Å²) < 4.78 is 5.40. The van der Waals surface area contributed by atoms with E-state index in [-0.39, 0.29) is 17.4 Å². The van der Waals surface area contributed by atoms with Gasteiger partial charge in [-0.3, -0.25) is 14.7 Å². The van der Waals surface area contributed by atoms with E-state index >= 15 is 0 Å². The van der Waals surface area contributed by atoms with Crippen molar-refractivity contribution in [3.05, 3.63) is 47.5 Å². The Hall–Kier alpha value is -3.09. The number of hydrogen-bond acceptors (Lipinski definition) is 4. The SMILES string of the molecule is CN1CCc2occ(C(=O)Nc3ccc4[nH]ncc4c3)c2C1=O. The molecule has 4 rings (SSSR count). The Labute approximate surface area is 131 Å². The predicted octanol–water partition coefficient (Wildman–Crippen LogP) is 2.04. The van der Waals surface area contributed by atoms with Crippen LogP contribution in [0.1, 0.15) is 26.5 Å². The van der Waals surface area contributed by atoms with Crippen molar-refractivity contribution in [3.8, 4) is 0 Å². The highest BCUT2D eigenvalue weighted by Crippen LogP contribution is 2.25. The van der Waals surface area contributed by atoms with Gasteiger partial charge >= 0.3 is 0 Å². The number of anilines is 1. The Balaban J connectivity index is 1.65. The zero-order valence-corrected chi connectivity index (χ0v) is 12.4. The predicted molar refractivity (Wildman–Crippen MR) is 83.4 cm³/mol. The number of amides is 2. The van der Waals surface area contributed by atoms with Crippen LogP contribution in [0, 0.1) is 0 Å². The molecular weight excluding hydrogens is 296 g/mol. The number of nitrogens with zero attached hydrogens (tertiary/aromatic N) is 2. The first-order chi connectivity index (χ1) is 11.1. The van der Waals surface area contributed by atoms with Crippen LogP contribution in [0.2, 0.25) is 0 Å². The largest absolute Gasteiger partial charge is 0.468 e. The van der Waals surface area contributed by atoms with Crippen molar-refractivity contribution >= 4 is 28.4 Å². The van der Waals surface area contributed by atoms with Crippen LogP contribution < -0.4 is 5.32 Å². The summed E-state index contributed by atoms with van der Waals surface area (Å²) in [7, 11) is 1.72. The Morgan fingerprint density at radius 3 is 3.17 bits per heavy atom. The first-order valence-corrected chi connectivity index (χ1v) is 7.24. The molecule has 2 amide bonds. The van der Waals surface area contributed by atoms with Crippen LogP contribution in [-0.2, 0) is 6.42 Å². The summed E-state index contributed by atoms with van der Waals surface area (Å²) in [4.78, 5) is 26.4. The molecule has 1 aliphatic heterocycles. The number of fused-ring (bicyclic) bond motifs is 2. The molecule has 0 bridgehead atoms. The van der Waals surface area contributed by atoms with E-state index in [0.717, 1.165) is 10.9 Å². The first kappa shape index (κ1) is 13.6. The lowest BCUT2D eigenvalue weighted by atomic mass is 10.0. The van der Waals surface area contributed by atoms with Crippen molar-refractivity contribution in [2.24, 2.45) is 0 Å². The fraction of sp³-hybridized carbons (Fsp3) is 0.188. The molecule has 0 atom stereocenters. The number of furan rings is 1. The maximum absolute atomic E-state index is 12.5. The van der Waals surface area contributed by atoms with E-state index in [1.807, 2.05) is 12.1 Å². The van der Waals surface area contributed by atoms with Crippen LogP contribution in [-0.4, -0.2) is 40.5 Å². The second-order valence-corrected chi connectivity index (χ2v) is 5.55. The van der Waals surface area contributed by atoms with Crippen molar-refractivity contribution < 1.29 is 14.0 Å². The summed E-state index contributed by atoms with van der Waals surface area (Å²) in [6.07, 6.45) is 3.66. The van der Waals surface area contributed by atoms with Gasteiger partial charge in [0.1, 0.15) is 12.0 Å².